The first-order valence-electron chi connectivity index (χ1n) is 26.7. The molecule has 0 bridgehead atoms. The summed E-state index contributed by atoms with van der Waals surface area (Å²) in [6.07, 6.45) is 0. The Kier molecular flexibility index (Phi) is 11.5. The fourth-order valence-corrected chi connectivity index (χ4v) is 12.2. The summed E-state index contributed by atoms with van der Waals surface area (Å²) in [6.45, 7) is 0. The maximum atomic E-state index is 2.52. The third-order valence-corrected chi connectivity index (χ3v) is 16.0. The highest BCUT2D eigenvalue weighted by atomic mass is 14.5. The molecule has 77 heavy (non-hydrogen) atoms. The van der Waals surface area contributed by atoms with Gasteiger partial charge in [-0.15, -0.1) is 0 Å². The lowest BCUT2D eigenvalue weighted by Gasteiger charge is -2.34. The molecule has 0 amide bonds. The number of rotatable bonds is 10. The molecule has 1 aliphatic carbocycles. The molecular formula is C77H52. The first-order valence-corrected chi connectivity index (χ1v) is 26.7. The first kappa shape index (κ1) is 45.7. The van der Waals surface area contributed by atoms with Crippen molar-refractivity contribution in [2.24, 2.45) is 0 Å². The van der Waals surface area contributed by atoms with Gasteiger partial charge in [0.15, 0.2) is 0 Å². The van der Waals surface area contributed by atoms with Gasteiger partial charge in [0.05, 0.1) is 5.41 Å². The molecule has 1 aliphatic rings. The van der Waals surface area contributed by atoms with Crippen molar-refractivity contribution in [1.82, 2.24) is 0 Å². The Morgan fingerprint density at radius 1 is 0.169 bits per heavy atom. The summed E-state index contributed by atoms with van der Waals surface area (Å²) in [5, 5.41) is 2.51. The second kappa shape index (κ2) is 19.4. The Hall–Kier alpha value is -9.88. The van der Waals surface area contributed by atoms with Gasteiger partial charge in [-0.1, -0.05) is 279 Å². The van der Waals surface area contributed by atoms with Crippen molar-refractivity contribution < 1.29 is 0 Å². The van der Waals surface area contributed by atoms with Crippen molar-refractivity contribution in [3.05, 3.63) is 338 Å². The van der Waals surface area contributed by atoms with Gasteiger partial charge < -0.3 is 0 Å². The fourth-order valence-electron chi connectivity index (χ4n) is 12.2. The van der Waals surface area contributed by atoms with Gasteiger partial charge in [0.25, 0.3) is 0 Å². The molecule has 0 aromatic heterocycles. The Balaban J connectivity index is 0.854. The van der Waals surface area contributed by atoms with Gasteiger partial charge in [-0.25, -0.2) is 0 Å². The topological polar surface area (TPSA) is 0 Å². The van der Waals surface area contributed by atoms with Crippen LogP contribution in [0.2, 0.25) is 0 Å². The van der Waals surface area contributed by atoms with E-state index in [1.54, 1.807) is 0 Å². The average molecular weight is 977 g/mol. The molecule has 0 saturated heterocycles. The third kappa shape index (κ3) is 8.20. The Labute approximate surface area is 451 Å². The molecule has 13 aromatic rings. The van der Waals surface area contributed by atoms with Gasteiger partial charge in [-0.3, -0.25) is 0 Å². The van der Waals surface area contributed by atoms with Crippen molar-refractivity contribution in [1.29, 1.82) is 0 Å². The fraction of sp³-hybridized carbons (Fsp3) is 0.0130. The molecule has 13 aromatic carbocycles. The highest BCUT2D eigenvalue weighted by Gasteiger charge is 2.47. The molecule has 0 nitrogen and oxygen atoms in total. The molecule has 0 aliphatic heterocycles. The van der Waals surface area contributed by atoms with Crippen LogP contribution in [0.5, 0.6) is 0 Å². The second-order valence-electron chi connectivity index (χ2n) is 20.3. The summed E-state index contributed by atoms with van der Waals surface area (Å²) in [7, 11) is 0. The first-order chi connectivity index (χ1) is 38.2. The summed E-state index contributed by atoms with van der Waals surface area (Å²) < 4.78 is 0. The van der Waals surface area contributed by atoms with Crippen molar-refractivity contribution in [3.63, 3.8) is 0 Å². The van der Waals surface area contributed by atoms with Crippen LogP contribution in [-0.2, 0) is 5.41 Å². The van der Waals surface area contributed by atoms with E-state index in [2.05, 4.69) is 315 Å². The number of fused-ring (bicyclic) bond motifs is 5. The lowest BCUT2D eigenvalue weighted by molar-refractivity contribution is 0.769. The van der Waals surface area contributed by atoms with Gasteiger partial charge in [-0.2, -0.15) is 0 Å². The van der Waals surface area contributed by atoms with E-state index in [1.165, 1.54) is 133 Å². The van der Waals surface area contributed by atoms with Gasteiger partial charge in [0.1, 0.15) is 0 Å². The maximum Gasteiger partial charge on any atom is 0.0714 e. The van der Waals surface area contributed by atoms with Crippen molar-refractivity contribution >= 4 is 10.8 Å². The summed E-state index contributed by atoms with van der Waals surface area (Å²) >= 11 is 0. The Morgan fingerprint density at radius 3 is 0.883 bits per heavy atom. The minimum absolute atomic E-state index is 0.599. The highest BCUT2D eigenvalue weighted by Crippen LogP contribution is 2.59. The average Bonchev–Trinajstić information content (AvgIpc) is 3.89. The third-order valence-electron chi connectivity index (χ3n) is 16.0. The van der Waals surface area contributed by atoms with Crippen LogP contribution in [0.25, 0.3) is 111 Å². The summed E-state index contributed by atoms with van der Waals surface area (Å²) in [6, 6.07) is 116. The molecule has 0 saturated carbocycles. The Bertz CT molecular complexity index is 4230. The van der Waals surface area contributed by atoms with Gasteiger partial charge >= 0.3 is 0 Å². The number of hydrogen-bond acceptors (Lipinski definition) is 0. The molecule has 0 heterocycles. The Morgan fingerprint density at radius 2 is 0.468 bits per heavy atom. The van der Waals surface area contributed by atoms with Crippen molar-refractivity contribution in [2.75, 3.05) is 0 Å². The van der Waals surface area contributed by atoms with E-state index in [0.29, 0.717) is 0 Å². The lowest BCUT2D eigenvalue weighted by atomic mass is 9.67. The number of hydrogen-bond donors (Lipinski definition) is 0. The van der Waals surface area contributed by atoms with E-state index in [1.807, 2.05) is 0 Å². The van der Waals surface area contributed by atoms with E-state index in [9.17, 15) is 0 Å². The van der Waals surface area contributed by atoms with Crippen LogP contribution in [0.3, 0.4) is 0 Å². The molecule has 0 heteroatoms. The standard InChI is InChI=1S/C77H52/c1-5-19-53(20-6-1)59-23-15-27-63(47-59)65-29-17-25-61(49-65)55-37-39-57(40-38-55)67-45-46-72-74(51-67)77(68-31-9-3-10-32-68,69-33-11-4-12-34-69)75-52-73(70-35-13-14-36-71(70)76(72)75)58-43-41-56(42-44-58)62-26-18-30-66(50-62)64-28-16-24-60(48-64)54-21-7-2-8-22-54/h1-52H. The van der Waals surface area contributed by atoms with Crippen LogP contribution >= 0.6 is 0 Å². The molecule has 14 rings (SSSR count). The summed E-state index contributed by atoms with van der Waals surface area (Å²) in [5.41, 5.74) is 26.3. The smallest absolute Gasteiger partial charge is 0.0622 e. The molecular weight excluding hydrogens is 925 g/mol. The maximum absolute atomic E-state index is 2.52. The second-order valence-corrected chi connectivity index (χ2v) is 20.3. The highest BCUT2D eigenvalue weighted by molar-refractivity contribution is 6.10. The normalized spacial score (nSPS) is 12.3. The van der Waals surface area contributed by atoms with Crippen LogP contribution in [-0.4, -0.2) is 0 Å². The zero-order valence-corrected chi connectivity index (χ0v) is 42.5. The monoisotopic (exact) mass is 976 g/mol. The van der Waals surface area contributed by atoms with Crippen LogP contribution < -0.4 is 0 Å². The van der Waals surface area contributed by atoms with E-state index in [0.717, 1.165) is 0 Å². The van der Waals surface area contributed by atoms with Crippen LogP contribution in [0.4, 0.5) is 0 Å². The molecule has 0 unspecified atom stereocenters. The molecule has 0 fully saturated rings. The zero-order valence-electron chi connectivity index (χ0n) is 42.5. The largest absolute Gasteiger partial charge is 0.0714 e. The summed E-state index contributed by atoms with van der Waals surface area (Å²) in [5.74, 6) is 0. The quantitative estimate of drug-likeness (QED) is 0.128. The molecule has 360 valence electrons. The SMILES string of the molecule is c1ccc(-c2cccc(-c3cccc(-c4ccc(-c5ccc6c(c5)C(c5ccccc5)(c5ccccc5)c5cc(-c7ccc(-c8cccc(-c9cccc(-c%10ccccc%10)c9)c8)cc7)c7ccccc7c5-6)cc4)c3)c2)cc1. The van der Waals surface area contributed by atoms with E-state index in [-0.39, 0.29) is 0 Å². The summed E-state index contributed by atoms with van der Waals surface area (Å²) in [4.78, 5) is 0. The lowest BCUT2D eigenvalue weighted by Crippen LogP contribution is -2.28. The van der Waals surface area contributed by atoms with E-state index >= 15 is 0 Å². The molecule has 0 spiro atoms. The predicted molar refractivity (Wildman–Crippen MR) is 325 cm³/mol. The van der Waals surface area contributed by atoms with Crippen LogP contribution in [0.1, 0.15) is 22.3 Å². The van der Waals surface area contributed by atoms with Gasteiger partial charge in [0.2, 0.25) is 0 Å². The van der Waals surface area contributed by atoms with Crippen LogP contribution in [0.15, 0.2) is 315 Å². The zero-order chi connectivity index (χ0) is 51.1. The van der Waals surface area contributed by atoms with Gasteiger partial charge in [0, 0.05) is 0 Å². The number of benzene rings is 13. The van der Waals surface area contributed by atoms with E-state index in [4.69, 9.17) is 0 Å². The minimum Gasteiger partial charge on any atom is -0.0622 e. The van der Waals surface area contributed by atoms with Crippen molar-refractivity contribution in [2.45, 2.75) is 5.41 Å². The molecule has 0 radical (unpaired) electrons. The molecule has 0 atom stereocenters. The predicted octanol–water partition coefficient (Wildman–Crippen LogP) is 20.5. The van der Waals surface area contributed by atoms with E-state index < -0.39 is 5.41 Å². The molecule has 0 N–H and O–H groups in total. The van der Waals surface area contributed by atoms with Crippen LogP contribution in [0, 0.1) is 0 Å². The van der Waals surface area contributed by atoms with Gasteiger partial charge in [-0.05, 0) is 170 Å². The minimum atomic E-state index is -0.599. The van der Waals surface area contributed by atoms with Crippen molar-refractivity contribution in [3.8, 4) is 100 Å².